The number of hydrogen-bond donors (Lipinski definition) is 1. The summed E-state index contributed by atoms with van der Waals surface area (Å²) in [6.45, 7) is 2.08. The zero-order valence-electron chi connectivity index (χ0n) is 16.5. The molecule has 29 heavy (non-hydrogen) atoms. The van der Waals surface area contributed by atoms with E-state index in [-0.39, 0.29) is 11.9 Å². The Balaban J connectivity index is 1.58. The highest BCUT2D eigenvalue weighted by Gasteiger charge is 2.29. The summed E-state index contributed by atoms with van der Waals surface area (Å²) in [7, 11) is 1.64. The Bertz CT molecular complexity index is 968. The van der Waals surface area contributed by atoms with Crippen LogP contribution in [0, 0.1) is 5.92 Å². The minimum atomic E-state index is 0.0306. The van der Waals surface area contributed by atoms with Crippen molar-refractivity contribution in [2.45, 2.75) is 31.0 Å². The van der Waals surface area contributed by atoms with Crippen molar-refractivity contribution in [2.75, 3.05) is 12.9 Å². The van der Waals surface area contributed by atoms with Gasteiger partial charge in [-0.25, -0.2) is 0 Å². The van der Waals surface area contributed by atoms with E-state index >= 15 is 0 Å². The first-order chi connectivity index (χ1) is 14.2. The minimum Gasteiger partial charge on any atom is -0.497 e. The molecule has 1 atom stereocenters. The Morgan fingerprint density at radius 3 is 2.55 bits per heavy atom. The first kappa shape index (κ1) is 19.5. The van der Waals surface area contributed by atoms with Gasteiger partial charge in [-0.1, -0.05) is 30.0 Å². The van der Waals surface area contributed by atoms with Gasteiger partial charge in [-0.15, -0.1) is 10.2 Å². The van der Waals surface area contributed by atoms with Crippen LogP contribution in [0.1, 0.15) is 19.8 Å². The predicted molar refractivity (Wildman–Crippen MR) is 114 cm³/mol. The molecule has 1 fully saturated rings. The molecule has 1 aliphatic carbocycles. The quantitative estimate of drug-likeness (QED) is 0.572. The van der Waals surface area contributed by atoms with E-state index in [1.54, 1.807) is 7.11 Å². The first-order valence-electron chi connectivity index (χ1n) is 9.73. The number of nitrogens with one attached hydrogen (secondary N) is 1. The Kier molecular flexibility index (Phi) is 5.85. The van der Waals surface area contributed by atoms with Crippen LogP contribution >= 0.6 is 11.8 Å². The number of hydrogen-bond acceptors (Lipinski definition) is 5. The zero-order valence-corrected chi connectivity index (χ0v) is 17.4. The number of nitrogens with zero attached hydrogens (tertiary/aromatic N) is 3. The van der Waals surface area contributed by atoms with E-state index in [4.69, 9.17) is 4.74 Å². The molecule has 4 rings (SSSR count). The van der Waals surface area contributed by atoms with Crippen molar-refractivity contribution in [3.05, 3.63) is 54.6 Å². The molecule has 1 aromatic heterocycles. The van der Waals surface area contributed by atoms with Crippen LogP contribution in [0.2, 0.25) is 0 Å². The maximum atomic E-state index is 12.4. The lowest BCUT2D eigenvalue weighted by Crippen LogP contribution is -2.35. The predicted octanol–water partition coefficient (Wildman–Crippen LogP) is 3.95. The smallest absolute Gasteiger partial charge is 0.230 e. The number of methoxy groups -OCH3 is 1. The number of carbonyl (C=O) groups excluding carboxylic acids is 1. The van der Waals surface area contributed by atoms with E-state index in [1.807, 2.05) is 59.2 Å². The second-order valence-electron chi connectivity index (χ2n) is 7.19. The monoisotopic (exact) mass is 408 g/mol. The molecule has 7 heteroatoms. The Labute approximate surface area is 174 Å². The van der Waals surface area contributed by atoms with E-state index in [9.17, 15) is 4.79 Å². The number of thioether (sulfide) groups is 1. The second-order valence-corrected chi connectivity index (χ2v) is 8.13. The molecule has 3 aromatic rings. The van der Waals surface area contributed by atoms with E-state index in [2.05, 4.69) is 22.4 Å². The van der Waals surface area contributed by atoms with E-state index in [0.29, 0.717) is 16.8 Å². The van der Waals surface area contributed by atoms with Crippen molar-refractivity contribution >= 4 is 17.7 Å². The minimum absolute atomic E-state index is 0.0306. The van der Waals surface area contributed by atoms with Gasteiger partial charge in [0.15, 0.2) is 11.0 Å². The number of ether oxygens (including phenoxy) is 1. The largest absolute Gasteiger partial charge is 0.497 e. The van der Waals surface area contributed by atoms with Gasteiger partial charge in [0.1, 0.15) is 5.75 Å². The molecule has 6 nitrogen and oxygen atoms in total. The topological polar surface area (TPSA) is 69.0 Å². The zero-order chi connectivity index (χ0) is 20.2. The third-order valence-electron chi connectivity index (χ3n) is 5.05. The maximum absolute atomic E-state index is 12.4. The third-order valence-corrected chi connectivity index (χ3v) is 5.98. The average Bonchev–Trinajstić information content (AvgIpc) is 3.53. The van der Waals surface area contributed by atoms with Crippen LogP contribution in [0.3, 0.4) is 0 Å². The van der Waals surface area contributed by atoms with Crippen LogP contribution in [-0.2, 0) is 4.79 Å². The van der Waals surface area contributed by atoms with Crippen LogP contribution in [0.15, 0.2) is 59.8 Å². The number of para-hydroxylation sites is 1. The summed E-state index contributed by atoms with van der Waals surface area (Å²) in [5.74, 6) is 2.50. The molecule has 0 aliphatic heterocycles. The van der Waals surface area contributed by atoms with Crippen LogP contribution in [0.25, 0.3) is 17.1 Å². The van der Waals surface area contributed by atoms with Crippen molar-refractivity contribution in [2.24, 2.45) is 5.92 Å². The van der Waals surface area contributed by atoms with Gasteiger partial charge in [-0.3, -0.25) is 9.36 Å². The van der Waals surface area contributed by atoms with Crippen LogP contribution in [-0.4, -0.2) is 39.6 Å². The Hall–Kier alpha value is -2.80. The Morgan fingerprint density at radius 1 is 1.17 bits per heavy atom. The van der Waals surface area contributed by atoms with Crippen molar-refractivity contribution < 1.29 is 9.53 Å². The molecule has 0 spiro atoms. The fourth-order valence-corrected chi connectivity index (χ4v) is 4.00. The number of rotatable bonds is 8. The van der Waals surface area contributed by atoms with Gasteiger partial charge in [-0.2, -0.15) is 0 Å². The standard InChI is InChI=1S/C22H24N4O2S/c1-15(16-8-9-16)23-20(27)14-29-22-25-24-21(17-10-12-19(28-2)13-11-17)26(22)18-6-4-3-5-7-18/h3-7,10-13,15-16H,8-9,14H2,1-2H3,(H,23,27)/t15-/m0/s1. The van der Waals surface area contributed by atoms with Gasteiger partial charge in [0, 0.05) is 17.3 Å². The van der Waals surface area contributed by atoms with Gasteiger partial charge in [0.25, 0.3) is 0 Å². The molecule has 1 saturated carbocycles. The first-order valence-corrected chi connectivity index (χ1v) is 10.7. The second kappa shape index (κ2) is 8.69. The molecule has 0 radical (unpaired) electrons. The summed E-state index contributed by atoms with van der Waals surface area (Å²) in [6.07, 6.45) is 2.42. The fourth-order valence-electron chi connectivity index (χ4n) is 3.24. The van der Waals surface area contributed by atoms with Crippen LogP contribution in [0.5, 0.6) is 5.75 Å². The molecule has 1 N–H and O–H groups in total. The van der Waals surface area contributed by atoms with Crippen LogP contribution in [0.4, 0.5) is 0 Å². The molecule has 0 unspecified atom stereocenters. The molecule has 150 valence electrons. The van der Waals surface area contributed by atoms with Gasteiger partial charge in [0.2, 0.25) is 5.91 Å². The fraction of sp³-hybridized carbons (Fsp3) is 0.318. The highest BCUT2D eigenvalue weighted by molar-refractivity contribution is 7.99. The summed E-state index contributed by atoms with van der Waals surface area (Å²) in [5.41, 5.74) is 1.89. The highest BCUT2D eigenvalue weighted by Crippen LogP contribution is 2.32. The molecular formula is C22H24N4O2S. The van der Waals surface area contributed by atoms with Crippen molar-refractivity contribution in [3.63, 3.8) is 0 Å². The Morgan fingerprint density at radius 2 is 1.90 bits per heavy atom. The molecular weight excluding hydrogens is 384 g/mol. The maximum Gasteiger partial charge on any atom is 0.230 e. The van der Waals surface area contributed by atoms with Crippen molar-refractivity contribution in [1.29, 1.82) is 0 Å². The summed E-state index contributed by atoms with van der Waals surface area (Å²) >= 11 is 1.40. The molecule has 2 aromatic carbocycles. The molecule has 1 aliphatic rings. The van der Waals surface area contributed by atoms with E-state index in [1.165, 1.54) is 24.6 Å². The lowest BCUT2D eigenvalue weighted by atomic mass is 10.2. The lowest BCUT2D eigenvalue weighted by Gasteiger charge is -2.13. The number of benzene rings is 2. The van der Waals surface area contributed by atoms with E-state index in [0.717, 1.165) is 22.8 Å². The molecule has 0 saturated heterocycles. The highest BCUT2D eigenvalue weighted by atomic mass is 32.2. The van der Waals surface area contributed by atoms with Gasteiger partial charge in [0.05, 0.1) is 12.9 Å². The average molecular weight is 409 g/mol. The van der Waals surface area contributed by atoms with Gasteiger partial charge >= 0.3 is 0 Å². The SMILES string of the molecule is COc1ccc(-c2nnc(SCC(=O)N[C@@H](C)C3CC3)n2-c2ccccc2)cc1. The number of amides is 1. The normalized spacial score (nSPS) is 14.4. The number of aromatic nitrogens is 3. The molecule has 0 bridgehead atoms. The van der Waals surface area contributed by atoms with Gasteiger partial charge in [-0.05, 0) is 62.1 Å². The van der Waals surface area contributed by atoms with Crippen molar-refractivity contribution in [1.82, 2.24) is 20.1 Å². The van der Waals surface area contributed by atoms with Crippen LogP contribution < -0.4 is 10.1 Å². The van der Waals surface area contributed by atoms with Gasteiger partial charge < -0.3 is 10.1 Å². The number of carbonyl (C=O) groups is 1. The third kappa shape index (κ3) is 4.62. The van der Waals surface area contributed by atoms with Crippen molar-refractivity contribution in [3.8, 4) is 22.8 Å². The summed E-state index contributed by atoms with van der Waals surface area (Å²) in [4.78, 5) is 12.4. The molecule has 1 heterocycles. The lowest BCUT2D eigenvalue weighted by molar-refractivity contribution is -0.119. The summed E-state index contributed by atoms with van der Waals surface area (Å²) in [6, 6.07) is 17.9. The molecule has 1 amide bonds. The summed E-state index contributed by atoms with van der Waals surface area (Å²) < 4.78 is 7.24. The van der Waals surface area contributed by atoms with E-state index < -0.39 is 0 Å². The summed E-state index contributed by atoms with van der Waals surface area (Å²) in [5, 5.41) is 12.6.